The monoisotopic (exact) mass is 428 g/mol. The number of ether oxygens (including phenoxy) is 1. The van der Waals surface area contributed by atoms with Gasteiger partial charge in [0.15, 0.2) is 6.61 Å². The van der Waals surface area contributed by atoms with Gasteiger partial charge in [0.05, 0.1) is 16.7 Å². The van der Waals surface area contributed by atoms with Crippen LogP contribution in [-0.2, 0) is 16.4 Å². The predicted octanol–water partition coefficient (Wildman–Crippen LogP) is 3.63. The lowest BCUT2D eigenvalue weighted by Gasteiger charge is -2.35. The van der Waals surface area contributed by atoms with Crippen molar-refractivity contribution >= 4 is 17.4 Å². The number of amidine groups is 1. The molecular weight excluding hydrogens is 409 g/mol. The van der Waals surface area contributed by atoms with Crippen molar-refractivity contribution in [2.24, 2.45) is 4.99 Å². The lowest BCUT2D eigenvalue weighted by Crippen LogP contribution is -2.49. The van der Waals surface area contributed by atoms with Crippen molar-refractivity contribution in [3.63, 3.8) is 0 Å². The van der Waals surface area contributed by atoms with Gasteiger partial charge in [0.2, 0.25) is 6.19 Å². The summed E-state index contributed by atoms with van der Waals surface area (Å²) in [5.74, 6) is -0.713. The molecule has 0 saturated carbocycles. The molecule has 0 aromatic heterocycles. The number of fused-ring (bicyclic) bond motifs is 2. The van der Waals surface area contributed by atoms with Crippen LogP contribution in [-0.4, -0.2) is 31.4 Å². The van der Waals surface area contributed by atoms with Gasteiger partial charge in [-0.05, 0) is 49.7 Å². The van der Waals surface area contributed by atoms with Crippen molar-refractivity contribution in [3.8, 4) is 11.9 Å². The number of nitrogens with one attached hydrogen (secondary N) is 1. The summed E-state index contributed by atoms with van der Waals surface area (Å²) in [5, 5.41) is 12.6. The number of halogens is 3. The fourth-order valence-electron chi connectivity index (χ4n) is 4.36. The first-order valence-electron chi connectivity index (χ1n) is 9.78. The number of anilines is 1. The van der Waals surface area contributed by atoms with E-state index in [0.717, 1.165) is 11.6 Å². The van der Waals surface area contributed by atoms with Crippen LogP contribution >= 0.6 is 0 Å². The lowest BCUT2D eigenvalue weighted by atomic mass is 9.74. The smallest absolute Gasteiger partial charge is 0.419 e. The zero-order chi connectivity index (χ0) is 22.1. The summed E-state index contributed by atoms with van der Waals surface area (Å²) >= 11 is 0. The van der Waals surface area contributed by atoms with Crippen LogP contribution in [0.25, 0.3) is 0 Å². The number of nitrogens with zero attached hydrogens (tertiary/aromatic N) is 3. The second-order valence-electron chi connectivity index (χ2n) is 7.40. The highest BCUT2D eigenvalue weighted by atomic mass is 19.4. The molecule has 31 heavy (non-hydrogen) atoms. The number of aliphatic imine (C=N–C) groups is 1. The Kier molecular flexibility index (Phi) is 5.41. The van der Waals surface area contributed by atoms with E-state index in [0.29, 0.717) is 37.5 Å². The van der Waals surface area contributed by atoms with E-state index in [4.69, 9.17) is 4.74 Å². The number of nitriles is 1. The number of carbonyl (C=O) groups is 1. The van der Waals surface area contributed by atoms with Crippen LogP contribution in [0.3, 0.4) is 0 Å². The van der Waals surface area contributed by atoms with Gasteiger partial charge in [0.1, 0.15) is 11.6 Å². The fourth-order valence-corrected chi connectivity index (χ4v) is 4.36. The SMILES string of the molecule is N#C/N=C1\N(C(=O)COc2ccccc2C(F)(F)F)c2ccccc2C12CCNCC2. The Morgan fingerprint density at radius 3 is 2.55 bits per heavy atom. The molecule has 2 aliphatic heterocycles. The molecule has 9 heteroatoms. The van der Waals surface area contributed by atoms with Gasteiger partial charge < -0.3 is 10.1 Å². The summed E-state index contributed by atoms with van der Waals surface area (Å²) in [6, 6.07) is 12.0. The number of carbonyl (C=O) groups excluding carboxylic acids is 1. The highest BCUT2D eigenvalue weighted by Gasteiger charge is 2.51. The Balaban J connectivity index is 1.67. The Bertz CT molecular complexity index is 1070. The van der Waals surface area contributed by atoms with E-state index in [-0.39, 0.29) is 0 Å². The summed E-state index contributed by atoms with van der Waals surface area (Å²) in [6.45, 7) is 0.757. The lowest BCUT2D eigenvalue weighted by molar-refractivity contribution is -0.139. The number of hydrogen-bond acceptors (Lipinski definition) is 5. The summed E-state index contributed by atoms with van der Waals surface area (Å²) in [7, 11) is 0. The quantitative estimate of drug-likeness (QED) is 0.758. The van der Waals surface area contributed by atoms with Crippen molar-refractivity contribution in [3.05, 3.63) is 59.7 Å². The average molecular weight is 428 g/mol. The minimum atomic E-state index is -4.60. The van der Waals surface area contributed by atoms with Crippen molar-refractivity contribution in [2.75, 3.05) is 24.6 Å². The van der Waals surface area contributed by atoms with Crippen LogP contribution in [0.1, 0.15) is 24.0 Å². The zero-order valence-corrected chi connectivity index (χ0v) is 16.4. The number of alkyl halides is 3. The van der Waals surface area contributed by atoms with Crippen LogP contribution in [0, 0.1) is 11.5 Å². The molecule has 160 valence electrons. The molecule has 4 rings (SSSR count). The van der Waals surface area contributed by atoms with Crippen LogP contribution in [0.15, 0.2) is 53.5 Å². The van der Waals surface area contributed by atoms with E-state index in [2.05, 4.69) is 10.3 Å². The molecule has 1 saturated heterocycles. The molecule has 1 N–H and O–H groups in total. The van der Waals surface area contributed by atoms with Gasteiger partial charge >= 0.3 is 6.18 Å². The maximum Gasteiger partial charge on any atom is 0.419 e. The Morgan fingerprint density at radius 1 is 1.16 bits per heavy atom. The molecule has 1 fully saturated rings. The van der Waals surface area contributed by atoms with Gasteiger partial charge in [-0.15, -0.1) is 0 Å². The van der Waals surface area contributed by atoms with E-state index in [1.807, 2.05) is 12.1 Å². The maximum atomic E-state index is 13.2. The molecule has 2 aromatic rings. The van der Waals surface area contributed by atoms with Crippen LogP contribution in [0.5, 0.6) is 5.75 Å². The Morgan fingerprint density at radius 2 is 1.84 bits per heavy atom. The highest BCUT2D eigenvalue weighted by molar-refractivity contribution is 6.25. The third-order valence-electron chi connectivity index (χ3n) is 5.71. The molecule has 6 nitrogen and oxygen atoms in total. The normalized spacial score (nSPS) is 18.6. The first kappa shape index (κ1) is 20.9. The molecule has 2 aromatic carbocycles. The average Bonchev–Trinajstić information content (AvgIpc) is 3.02. The van der Waals surface area contributed by atoms with Crippen LogP contribution < -0.4 is 15.0 Å². The predicted molar refractivity (Wildman–Crippen MR) is 108 cm³/mol. The Labute approximate surface area is 176 Å². The van der Waals surface area contributed by atoms with E-state index < -0.39 is 35.4 Å². The van der Waals surface area contributed by atoms with Gasteiger partial charge in [-0.1, -0.05) is 30.3 Å². The second-order valence-corrected chi connectivity index (χ2v) is 7.40. The Hall–Kier alpha value is -3.38. The second kappa shape index (κ2) is 8.04. The molecule has 0 aliphatic carbocycles. The zero-order valence-electron chi connectivity index (χ0n) is 16.4. The van der Waals surface area contributed by atoms with Crippen molar-refractivity contribution in [1.82, 2.24) is 5.32 Å². The van der Waals surface area contributed by atoms with Crippen molar-refractivity contribution < 1.29 is 22.7 Å². The largest absolute Gasteiger partial charge is 0.483 e. The highest BCUT2D eigenvalue weighted by Crippen LogP contribution is 2.47. The number of rotatable bonds is 3. The number of hydrogen-bond donors (Lipinski definition) is 1. The van der Waals surface area contributed by atoms with E-state index in [1.165, 1.54) is 23.1 Å². The molecule has 2 heterocycles. The van der Waals surface area contributed by atoms with Crippen LogP contribution in [0.2, 0.25) is 0 Å². The first-order chi connectivity index (χ1) is 14.9. The summed E-state index contributed by atoms with van der Waals surface area (Å²) in [4.78, 5) is 18.5. The molecule has 1 spiro atoms. The maximum absolute atomic E-state index is 13.2. The molecule has 2 aliphatic rings. The van der Waals surface area contributed by atoms with Gasteiger partial charge in [0, 0.05) is 0 Å². The molecular formula is C22H19F3N4O2. The van der Waals surface area contributed by atoms with E-state index >= 15 is 0 Å². The van der Waals surface area contributed by atoms with E-state index in [1.54, 1.807) is 18.3 Å². The molecule has 0 unspecified atom stereocenters. The van der Waals surface area contributed by atoms with Gasteiger partial charge in [-0.25, -0.2) is 0 Å². The summed E-state index contributed by atoms with van der Waals surface area (Å²) in [6.07, 6.45) is -1.53. The minimum Gasteiger partial charge on any atom is -0.483 e. The number of piperidine rings is 1. The molecule has 0 atom stereocenters. The fraction of sp³-hybridized carbons (Fsp3) is 0.318. The number of para-hydroxylation sites is 2. The first-order valence-corrected chi connectivity index (χ1v) is 9.78. The molecule has 0 bridgehead atoms. The topological polar surface area (TPSA) is 77.7 Å². The van der Waals surface area contributed by atoms with Gasteiger partial charge in [0.25, 0.3) is 5.91 Å². The van der Waals surface area contributed by atoms with Gasteiger partial charge in [-0.3, -0.25) is 9.69 Å². The minimum absolute atomic E-state index is 0.301. The summed E-state index contributed by atoms with van der Waals surface area (Å²) < 4.78 is 45.0. The van der Waals surface area contributed by atoms with Crippen molar-refractivity contribution in [1.29, 1.82) is 5.26 Å². The molecule has 0 radical (unpaired) electrons. The standard InChI is InChI=1S/C22H19F3N4O2/c23-22(24,25)16-6-2-4-8-18(16)31-13-19(30)29-17-7-3-1-5-15(17)21(20(29)28-14-26)9-11-27-12-10-21/h1-8,27H,9-13H2/b28-20-. The third kappa shape index (κ3) is 3.64. The third-order valence-corrected chi connectivity index (χ3v) is 5.71. The van der Waals surface area contributed by atoms with E-state index in [9.17, 15) is 23.2 Å². The van der Waals surface area contributed by atoms with Crippen molar-refractivity contribution in [2.45, 2.75) is 24.4 Å². The van der Waals surface area contributed by atoms with Crippen LogP contribution in [0.4, 0.5) is 18.9 Å². The molecule has 1 amide bonds. The number of amides is 1. The van der Waals surface area contributed by atoms with Gasteiger partial charge in [-0.2, -0.15) is 23.4 Å². The number of benzene rings is 2. The summed E-state index contributed by atoms with van der Waals surface area (Å²) in [5.41, 5.74) is -0.0899.